The third-order valence-electron chi connectivity index (χ3n) is 7.20. The van der Waals surface area contributed by atoms with Gasteiger partial charge >= 0.3 is 18.0 Å². The molecule has 2 aliphatic rings. The molecule has 1 saturated heterocycles. The molecule has 212 valence electrons. The number of hydrogen-bond donors (Lipinski definition) is 2. The van der Waals surface area contributed by atoms with Gasteiger partial charge in [0.15, 0.2) is 0 Å². The van der Waals surface area contributed by atoms with Crippen LogP contribution in [0.1, 0.15) is 29.0 Å². The molecule has 5 rings (SSSR count). The summed E-state index contributed by atoms with van der Waals surface area (Å²) in [5.41, 5.74) is 5.04. The molecule has 2 atom stereocenters. The third kappa shape index (κ3) is 6.71. The number of hydrogen-bond acceptors (Lipinski definition) is 7. The first-order valence-electron chi connectivity index (χ1n) is 13.3. The molecule has 10 heteroatoms. The van der Waals surface area contributed by atoms with Crippen molar-refractivity contribution in [2.75, 3.05) is 25.4 Å². The number of esters is 1. The smallest absolute Gasteiger partial charge is 0.407 e. The zero-order valence-electron chi connectivity index (χ0n) is 22.2. The Hall–Kier alpha value is -4.31. The topological polar surface area (TPSA) is 122 Å². The molecule has 0 spiro atoms. The largest absolute Gasteiger partial charge is 0.480 e. The molecular formula is C31H30N2O7S. The van der Waals surface area contributed by atoms with Crippen LogP contribution in [0.15, 0.2) is 78.9 Å². The van der Waals surface area contributed by atoms with Crippen molar-refractivity contribution in [2.24, 2.45) is 0 Å². The van der Waals surface area contributed by atoms with Crippen molar-refractivity contribution in [3.8, 4) is 11.1 Å². The van der Waals surface area contributed by atoms with Crippen LogP contribution in [0.4, 0.5) is 4.79 Å². The number of thioether (sulfide) groups is 1. The van der Waals surface area contributed by atoms with Crippen LogP contribution in [0.3, 0.4) is 0 Å². The second kappa shape index (κ2) is 12.9. The molecule has 1 fully saturated rings. The van der Waals surface area contributed by atoms with Gasteiger partial charge in [-0.15, -0.1) is 11.8 Å². The van der Waals surface area contributed by atoms with Crippen molar-refractivity contribution in [3.63, 3.8) is 0 Å². The highest BCUT2D eigenvalue weighted by molar-refractivity contribution is 8.00. The van der Waals surface area contributed by atoms with E-state index in [1.54, 1.807) is 0 Å². The summed E-state index contributed by atoms with van der Waals surface area (Å²) in [5, 5.41) is 11.2. The number of carbonyl (C=O) groups is 4. The molecule has 0 saturated carbocycles. The highest BCUT2D eigenvalue weighted by Gasteiger charge is 2.35. The Morgan fingerprint density at radius 3 is 2.20 bits per heavy atom. The quantitative estimate of drug-likeness (QED) is 0.367. The Morgan fingerprint density at radius 2 is 1.54 bits per heavy atom. The zero-order valence-corrected chi connectivity index (χ0v) is 23.0. The van der Waals surface area contributed by atoms with E-state index in [9.17, 15) is 24.3 Å². The number of fused-ring (bicyclic) bond motifs is 3. The van der Waals surface area contributed by atoms with Crippen molar-refractivity contribution < 1.29 is 33.8 Å². The number of ether oxygens (including phenoxy) is 2. The lowest BCUT2D eigenvalue weighted by molar-refractivity contribution is -0.149. The van der Waals surface area contributed by atoms with Gasteiger partial charge in [-0.25, -0.2) is 4.79 Å². The fourth-order valence-electron chi connectivity index (χ4n) is 5.17. The molecule has 2 amide bonds. The van der Waals surface area contributed by atoms with E-state index in [1.165, 1.54) is 16.7 Å². The Kier molecular flexibility index (Phi) is 8.88. The minimum absolute atomic E-state index is 0.0208. The minimum Gasteiger partial charge on any atom is -0.480 e. The molecule has 3 aromatic carbocycles. The molecule has 1 aliphatic carbocycles. The van der Waals surface area contributed by atoms with E-state index in [1.807, 2.05) is 78.9 Å². The molecule has 2 N–H and O–H groups in total. The van der Waals surface area contributed by atoms with Crippen molar-refractivity contribution >= 4 is 35.7 Å². The maximum absolute atomic E-state index is 13.4. The number of carboxylic acids is 1. The Balaban J connectivity index is 1.26. The average Bonchev–Trinajstić information content (AvgIpc) is 3.32. The van der Waals surface area contributed by atoms with Crippen LogP contribution in [-0.2, 0) is 30.5 Å². The van der Waals surface area contributed by atoms with Gasteiger partial charge in [-0.1, -0.05) is 78.9 Å². The summed E-state index contributed by atoms with van der Waals surface area (Å²) in [7, 11) is 0. The number of alkyl carbamates (subject to hydrolysis) is 1. The van der Waals surface area contributed by atoms with Gasteiger partial charge in [-0.3, -0.25) is 14.4 Å². The molecule has 0 bridgehead atoms. The summed E-state index contributed by atoms with van der Waals surface area (Å²) < 4.78 is 11.0. The van der Waals surface area contributed by atoms with Gasteiger partial charge in [0.25, 0.3) is 0 Å². The zero-order chi connectivity index (χ0) is 28.8. The average molecular weight is 575 g/mol. The van der Waals surface area contributed by atoms with Gasteiger partial charge in [-0.05, 0) is 27.8 Å². The molecule has 3 aromatic rings. The lowest BCUT2D eigenvalue weighted by Crippen LogP contribution is -2.54. The molecule has 1 aliphatic heterocycles. The number of aliphatic carboxylic acids is 1. The molecule has 0 aromatic heterocycles. The molecule has 9 nitrogen and oxygen atoms in total. The number of amides is 2. The summed E-state index contributed by atoms with van der Waals surface area (Å²) in [6.07, 6.45) is -1.26. The molecule has 1 unspecified atom stereocenters. The molecule has 0 radical (unpaired) electrons. The lowest BCUT2D eigenvalue weighted by Gasteiger charge is -2.33. The predicted octanol–water partition coefficient (Wildman–Crippen LogP) is 4.06. The van der Waals surface area contributed by atoms with Crippen molar-refractivity contribution in [1.29, 1.82) is 0 Å². The molecule has 41 heavy (non-hydrogen) atoms. The SMILES string of the molecule is O=C(C[C@H](NC(=O)OCC1c2ccccc2-c2ccccc21)C(=O)N1CCSC(C(=O)O)C1)OCc1ccccc1. The summed E-state index contributed by atoms with van der Waals surface area (Å²) in [4.78, 5) is 52.1. The van der Waals surface area contributed by atoms with Crippen LogP contribution < -0.4 is 5.32 Å². The Bertz CT molecular complexity index is 1390. The number of carboxylic acid groups (broad SMARTS) is 1. The maximum Gasteiger partial charge on any atom is 0.407 e. The monoisotopic (exact) mass is 574 g/mol. The number of carbonyl (C=O) groups excluding carboxylic acids is 3. The Labute approximate surface area is 241 Å². The molecule has 1 heterocycles. The van der Waals surface area contributed by atoms with Crippen LogP contribution in [0, 0.1) is 0 Å². The highest BCUT2D eigenvalue weighted by Crippen LogP contribution is 2.44. The number of nitrogens with one attached hydrogen (secondary N) is 1. The van der Waals surface area contributed by atoms with Gasteiger partial charge < -0.3 is 24.8 Å². The predicted molar refractivity (Wildman–Crippen MR) is 153 cm³/mol. The second-order valence-corrected chi connectivity index (χ2v) is 11.2. The number of nitrogens with zero attached hydrogens (tertiary/aromatic N) is 1. The third-order valence-corrected chi connectivity index (χ3v) is 8.37. The van der Waals surface area contributed by atoms with Crippen LogP contribution in [0.5, 0.6) is 0 Å². The standard InChI is InChI=1S/C31H30N2O7S/c34-28(39-18-20-8-2-1-3-9-20)16-26(29(35)33-14-15-41-27(17-33)30(36)37)32-31(38)40-19-25-23-12-6-4-10-21(23)22-11-5-7-13-24(22)25/h1-13,25-27H,14-19H2,(H,32,38)(H,36,37)/t26-,27?/m0/s1. The van der Waals surface area contributed by atoms with E-state index in [0.29, 0.717) is 12.3 Å². The first kappa shape index (κ1) is 28.2. The maximum atomic E-state index is 13.4. The van der Waals surface area contributed by atoms with E-state index in [2.05, 4.69) is 5.32 Å². The van der Waals surface area contributed by atoms with E-state index in [4.69, 9.17) is 9.47 Å². The summed E-state index contributed by atoms with van der Waals surface area (Å²) in [6.45, 7) is 0.337. The van der Waals surface area contributed by atoms with E-state index < -0.39 is 41.7 Å². The normalized spacial score (nSPS) is 16.7. The van der Waals surface area contributed by atoms with Crippen LogP contribution >= 0.6 is 11.8 Å². The highest BCUT2D eigenvalue weighted by atomic mass is 32.2. The van der Waals surface area contributed by atoms with Gasteiger partial charge in [0.05, 0.1) is 6.42 Å². The first-order valence-corrected chi connectivity index (χ1v) is 14.4. The van der Waals surface area contributed by atoms with Crippen LogP contribution in [0.25, 0.3) is 11.1 Å². The first-order chi connectivity index (χ1) is 19.9. The number of benzene rings is 3. The van der Waals surface area contributed by atoms with Crippen molar-refractivity contribution in [1.82, 2.24) is 10.2 Å². The molecular weight excluding hydrogens is 544 g/mol. The van der Waals surface area contributed by atoms with Crippen LogP contribution in [0.2, 0.25) is 0 Å². The second-order valence-electron chi connectivity index (χ2n) is 9.85. The fourth-order valence-corrected chi connectivity index (χ4v) is 6.20. The van der Waals surface area contributed by atoms with Crippen molar-refractivity contribution in [3.05, 3.63) is 95.6 Å². The Morgan fingerprint density at radius 1 is 0.902 bits per heavy atom. The van der Waals surface area contributed by atoms with Gasteiger partial charge in [-0.2, -0.15) is 0 Å². The van der Waals surface area contributed by atoms with E-state index in [0.717, 1.165) is 27.8 Å². The van der Waals surface area contributed by atoms with Gasteiger partial charge in [0.2, 0.25) is 5.91 Å². The fraction of sp³-hybridized carbons (Fsp3) is 0.290. The van der Waals surface area contributed by atoms with E-state index >= 15 is 0 Å². The van der Waals surface area contributed by atoms with Crippen molar-refractivity contribution in [2.45, 2.75) is 30.2 Å². The van der Waals surface area contributed by atoms with Crippen LogP contribution in [-0.4, -0.2) is 70.7 Å². The summed E-state index contributed by atoms with van der Waals surface area (Å²) in [5.74, 6) is -1.99. The van der Waals surface area contributed by atoms with Gasteiger partial charge in [0.1, 0.15) is 24.5 Å². The minimum atomic E-state index is -1.27. The van der Waals surface area contributed by atoms with E-state index in [-0.39, 0.29) is 25.7 Å². The lowest BCUT2D eigenvalue weighted by atomic mass is 9.98. The van der Waals surface area contributed by atoms with Gasteiger partial charge in [0, 0.05) is 24.8 Å². The summed E-state index contributed by atoms with van der Waals surface area (Å²) >= 11 is 1.25. The summed E-state index contributed by atoms with van der Waals surface area (Å²) in [6, 6.07) is 23.7. The number of rotatable bonds is 9.